The summed E-state index contributed by atoms with van der Waals surface area (Å²) in [5.41, 5.74) is -0.0458. The van der Waals surface area contributed by atoms with Crippen LogP contribution in [0.2, 0.25) is 0 Å². The zero-order valence-corrected chi connectivity index (χ0v) is 12.9. The van der Waals surface area contributed by atoms with Gasteiger partial charge in [0.15, 0.2) is 0 Å². The third kappa shape index (κ3) is 3.42. The molecule has 0 atom stereocenters. The fraction of sp³-hybridized carbons (Fsp3) is 0.500. The first-order valence-corrected chi connectivity index (χ1v) is 7.76. The average molecular weight is 347 g/mol. The van der Waals surface area contributed by atoms with E-state index in [0.29, 0.717) is 5.88 Å². The smallest absolute Gasteiger partial charge is 0.255 e. The molecule has 1 saturated carbocycles. The first kappa shape index (κ1) is 14.7. The number of amides is 1. The molecule has 0 spiro atoms. The van der Waals surface area contributed by atoms with E-state index in [-0.39, 0.29) is 22.8 Å². The van der Waals surface area contributed by atoms with Crippen LogP contribution in [0.25, 0.3) is 0 Å². The van der Waals surface area contributed by atoms with Crippen LogP contribution in [0.15, 0.2) is 22.7 Å². The number of phenols is 1. The Labute approximate surface area is 126 Å². The third-order valence-electron chi connectivity index (χ3n) is 3.65. The molecule has 1 aliphatic rings. The van der Waals surface area contributed by atoms with Gasteiger partial charge in [0.25, 0.3) is 5.91 Å². The Kier molecular flexibility index (Phi) is 4.74. The molecule has 1 aromatic rings. The molecule has 0 unspecified atom stereocenters. The third-order valence-corrected chi connectivity index (χ3v) is 4.65. The van der Waals surface area contributed by atoms with Gasteiger partial charge in [-0.15, -0.1) is 11.6 Å². The van der Waals surface area contributed by atoms with Crippen LogP contribution < -0.4 is 5.32 Å². The van der Waals surface area contributed by atoms with Crippen LogP contribution in [0.1, 0.15) is 42.5 Å². The summed E-state index contributed by atoms with van der Waals surface area (Å²) in [4.78, 5) is 12.3. The lowest BCUT2D eigenvalue weighted by molar-refractivity contribution is 0.0882. The molecule has 104 valence electrons. The second-order valence-electron chi connectivity index (χ2n) is 5.09. The summed E-state index contributed by atoms with van der Waals surface area (Å²) in [5, 5.41) is 12.8. The van der Waals surface area contributed by atoms with Gasteiger partial charge < -0.3 is 10.4 Å². The van der Waals surface area contributed by atoms with E-state index in [4.69, 9.17) is 11.6 Å². The second-order valence-corrected chi connectivity index (χ2v) is 6.27. The van der Waals surface area contributed by atoms with Gasteiger partial charge >= 0.3 is 0 Å². The number of benzene rings is 1. The van der Waals surface area contributed by atoms with Crippen LogP contribution in [-0.4, -0.2) is 22.4 Å². The molecular weight excluding hydrogens is 330 g/mol. The molecule has 0 saturated heterocycles. The van der Waals surface area contributed by atoms with Crippen molar-refractivity contribution in [1.82, 2.24) is 5.32 Å². The summed E-state index contributed by atoms with van der Waals surface area (Å²) in [6.07, 6.45) is 5.15. The zero-order valence-electron chi connectivity index (χ0n) is 10.6. The molecule has 1 fully saturated rings. The summed E-state index contributed by atoms with van der Waals surface area (Å²) in [6, 6.07) is 4.83. The van der Waals surface area contributed by atoms with Gasteiger partial charge in [0.05, 0.1) is 11.1 Å². The van der Waals surface area contributed by atoms with Crippen molar-refractivity contribution in [2.24, 2.45) is 0 Å². The van der Waals surface area contributed by atoms with Gasteiger partial charge in [-0.3, -0.25) is 4.79 Å². The van der Waals surface area contributed by atoms with Crippen molar-refractivity contribution in [1.29, 1.82) is 0 Å². The van der Waals surface area contributed by atoms with Crippen LogP contribution in [-0.2, 0) is 0 Å². The summed E-state index contributed by atoms with van der Waals surface area (Å²) in [6.45, 7) is 0. The van der Waals surface area contributed by atoms with Crippen LogP contribution in [0.4, 0.5) is 0 Å². The summed E-state index contributed by atoms with van der Waals surface area (Å²) in [7, 11) is 0. The van der Waals surface area contributed by atoms with Crippen LogP contribution in [0, 0.1) is 0 Å². The molecule has 0 radical (unpaired) electrons. The van der Waals surface area contributed by atoms with Crippen molar-refractivity contribution in [2.75, 3.05) is 5.88 Å². The molecule has 1 aliphatic carbocycles. The van der Waals surface area contributed by atoms with Crippen molar-refractivity contribution in [3.63, 3.8) is 0 Å². The number of carbonyl (C=O) groups is 1. The summed E-state index contributed by atoms with van der Waals surface area (Å²) >= 11 is 9.36. The SMILES string of the molecule is O=C(NC1(CCl)CCCCC1)c1cc(Br)ccc1O. The fourth-order valence-electron chi connectivity index (χ4n) is 2.52. The standard InChI is InChI=1S/C14H17BrClNO2/c15-10-4-5-12(18)11(8-10)13(19)17-14(9-16)6-2-1-3-7-14/h4-5,8,18H,1-3,6-7,9H2,(H,17,19). The molecule has 3 nitrogen and oxygen atoms in total. The maximum atomic E-state index is 12.3. The number of hydrogen-bond donors (Lipinski definition) is 2. The highest BCUT2D eigenvalue weighted by Gasteiger charge is 2.33. The number of phenolic OH excluding ortho intramolecular Hbond substituents is 1. The maximum Gasteiger partial charge on any atom is 0.255 e. The van der Waals surface area contributed by atoms with Crippen molar-refractivity contribution in [3.8, 4) is 5.75 Å². The molecule has 2 rings (SSSR count). The van der Waals surface area contributed by atoms with E-state index in [9.17, 15) is 9.90 Å². The van der Waals surface area contributed by atoms with E-state index in [1.807, 2.05) is 0 Å². The molecule has 0 aromatic heterocycles. The normalized spacial score (nSPS) is 18.0. The fourth-order valence-corrected chi connectivity index (χ4v) is 3.21. The van der Waals surface area contributed by atoms with Crippen molar-refractivity contribution in [2.45, 2.75) is 37.6 Å². The molecule has 1 amide bonds. The van der Waals surface area contributed by atoms with Crippen LogP contribution in [0.3, 0.4) is 0 Å². The Hall–Kier alpha value is -0.740. The number of halogens is 2. The van der Waals surface area contributed by atoms with E-state index in [2.05, 4.69) is 21.2 Å². The molecule has 0 heterocycles. The minimum atomic E-state index is -0.328. The van der Waals surface area contributed by atoms with Gasteiger partial charge in [-0.05, 0) is 31.0 Å². The topological polar surface area (TPSA) is 49.3 Å². The van der Waals surface area contributed by atoms with E-state index < -0.39 is 0 Å². The quantitative estimate of drug-likeness (QED) is 0.817. The lowest BCUT2D eigenvalue weighted by atomic mass is 9.83. The Balaban J connectivity index is 2.17. The predicted molar refractivity (Wildman–Crippen MR) is 79.8 cm³/mol. The molecule has 1 aromatic carbocycles. The van der Waals surface area contributed by atoms with Gasteiger partial charge in [-0.25, -0.2) is 0 Å². The monoisotopic (exact) mass is 345 g/mol. The van der Waals surface area contributed by atoms with E-state index in [1.54, 1.807) is 12.1 Å². The Bertz CT molecular complexity index is 473. The second kappa shape index (κ2) is 6.14. The largest absolute Gasteiger partial charge is 0.507 e. The lowest BCUT2D eigenvalue weighted by Crippen LogP contribution is -2.51. The van der Waals surface area contributed by atoms with Crippen molar-refractivity contribution < 1.29 is 9.90 Å². The number of aromatic hydroxyl groups is 1. The predicted octanol–water partition coefficient (Wildman–Crippen LogP) is 3.83. The highest BCUT2D eigenvalue weighted by molar-refractivity contribution is 9.10. The first-order valence-electron chi connectivity index (χ1n) is 6.43. The van der Waals surface area contributed by atoms with Crippen molar-refractivity contribution in [3.05, 3.63) is 28.2 Å². The lowest BCUT2D eigenvalue weighted by Gasteiger charge is -2.36. The Morgan fingerprint density at radius 2 is 2.05 bits per heavy atom. The molecule has 5 heteroatoms. The molecule has 19 heavy (non-hydrogen) atoms. The minimum Gasteiger partial charge on any atom is -0.507 e. The number of hydrogen-bond acceptors (Lipinski definition) is 2. The van der Waals surface area contributed by atoms with E-state index in [0.717, 1.165) is 30.2 Å². The van der Waals surface area contributed by atoms with E-state index >= 15 is 0 Å². The summed E-state index contributed by atoms with van der Waals surface area (Å²) in [5.74, 6) is 0.135. The number of carbonyl (C=O) groups excluding carboxylic acids is 1. The zero-order chi connectivity index (χ0) is 13.9. The Morgan fingerprint density at radius 1 is 1.37 bits per heavy atom. The van der Waals surface area contributed by atoms with Gasteiger partial charge in [-0.2, -0.15) is 0 Å². The highest BCUT2D eigenvalue weighted by atomic mass is 79.9. The first-order chi connectivity index (χ1) is 9.06. The van der Waals surface area contributed by atoms with Crippen molar-refractivity contribution >= 4 is 33.4 Å². The molecule has 0 bridgehead atoms. The molecule has 0 aliphatic heterocycles. The average Bonchev–Trinajstić information content (AvgIpc) is 2.42. The molecular formula is C14H17BrClNO2. The van der Waals surface area contributed by atoms with Gasteiger partial charge in [-0.1, -0.05) is 35.2 Å². The maximum absolute atomic E-state index is 12.3. The van der Waals surface area contributed by atoms with Gasteiger partial charge in [0, 0.05) is 10.4 Å². The number of nitrogens with one attached hydrogen (secondary N) is 1. The highest BCUT2D eigenvalue weighted by Crippen LogP contribution is 2.30. The summed E-state index contributed by atoms with van der Waals surface area (Å²) < 4.78 is 0.763. The van der Waals surface area contributed by atoms with Crippen LogP contribution in [0.5, 0.6) is 5.75 Å². The number of alkyl halides is 1. The van der Waals surface area contributed by atoms with Gasteiger partial charge in [0.2, 0.25) is 0 Å². The van der Waals surface area contributed by atoms with E-state index in [1.165, 1.54) is 12.5 Å². The minimum absolute atomic E-state index is 0.0127. The molecule has 2 N–H and O–H groups in total. The number of rotatable bonds is 3. The van der Waals surface area contributed by atoms with Gasteiger partial charge in [0.1, 0.15) is 5.75 Å². The van der Waals surface area contributed by atoms with Crippen LogP contribution >= 0.6 is 27.5 Å². The Morgan fingerprint density at radius 3 is 2.68 bits per heavy atom.